The topological polar surface area (TPSA) is 93.5 Å². The van der Waals surface area contributed by atoms with E-state index in [1.165, 1.54) is 0 Å². The number of oxazole rings is 1. The Morgan fingerprint density at radius 2 is 1.81 bits per heavy atom. The second-order valence-electron chi connectivity index (χ2n) is 7.30. The first-order chi connectivity index (χ1) is 14.9. The van der Waals surface area contributed by atoms with Gasteiger partial charge in [0.2, 0.25) is 5.91 Å². The standard InChI is InChI=1S/C24H27N3O4/c1-4-9-21(23(29)27-24-25-16(2)17(3)30-24)26-22(28)15-18-10-8-13-20(14-18)31-19-11-6-5-7-12-19/h5-8,10-14,21H,4,9,15H2,1-3H3,(H,26,28)(H,25,27,29). The molecule has 2 N–H and O–H groups in total. The Kier molecular flexibility index (Phi) is 7.43. The number of carbonyl (C=O) groups excluding carboxylic acids is 2. The molecule has 0 spiro atoms. The van der Waals surface area contributed by atoms with Gasteiger partial charge in [-0.05, 0) is 50.1 Å². The Hall–Kier alpha value is -3.61. The van der Waals surface area contributed by atoms with E-state index in [1.54, 1.807) is 13.8 Å². The zero-order valence-electron chi connectivity index (χ0n) is 18.0. The third kappa shape index (κ3) is 6.44. The third-order valence-corrected chi connectivity index (χ3v) is 4.73. The zero-order chi connectivity index (χ0) is 22.2. The molecule has 0 bridgehead atoms. The normalized spacial score (nSPS) is 11.6. The lowest BCUT2D eigenvalue weighted by Gasteiger charge is -2.17. The number of aromatic nitrogens is 1. The lowest BCUT2D eigenvalue weighted by molar-refractivity contribution is -0.126. The van der Waals surface area contributed by atoms with Gasteiger partial charge in [0.1, 0.15) is 23.3 Å². The minimum atomic E-state index is -0.672. The van der Waals surface area contributed by atoms with Gasteiger partial charge < -0.3 is 14.5 Å². The molecule has 3 aromatic rings. The Labute approximate surface area is 181 Å². The monoisotopic (exact) mass is 421 g/mol. The molecule has 0 aliphatic heterocycles. The lowest BCUT2D eigenvalue weighted by atomic mass is 10.1. The molecule has 1 heterocycles. The molecule has 1 unspecified atom stereocenters. The molecule has 1 atom stereocenters. The van der Waals surface area contributed by atoms with Gasteiger partial charge in [0, 0.05) is 0 Å². The van der Waals surface area contributed by atoms with Crippen LogP contribution in [0.5, 0.6) is 11.5 Å². The van der Waals surface area contributed by atoms with Gasteiger partial charge in [0.25, 0.3) is 5.91 Å². The molecule has 162 valence electrons. The molecule has 0 fully saturated rings. The maximum Gasteiger partial charge on any atom is 0.301 e. The van der Waals surface area contributed by atoms with Crippen LogP contribution in [0.1, 0.15) is 36.8 Å². The summed E-state index contributed by atoms with van der Waals surface area (Å²) in [6.07, 6.45) is 1.38. The molecule has 1 aromatic heterocycles. The van der Waals surface area contributed by atoms with Gasteiger partial charge >= 0.3 is 6.01 Å². The van der Waals surface area contributed by atoms with Crippen molar-refractivity contribution in [3.8, 4) is 11.5 Å². The van der Waals surface area contributed by atoms with Crippen molar-refractivity contribution in [2.24, 2.45) is 0 Å². The van der Waals surface area contributed by atoms with Crippen molar-refractivity contribution < 1.29 is 18.7 Å². The van der Waals surface area contributed by atoms with Crippen molar-refractivity contribution in [1.82, 2.24) is 10.3 Å². The number of benzene rings is 2. The molecular formula is C24H27N3O4. The number of nitrogens with one attached hydrogen (secondary N) is 2. The van der Waals surface area contributed by atoms with Gasteiger partial charge in [-0.15, -0.1) is 0 Å². The number of hydrogen-bond donors (Lipinski definition) is 2. The quantitative estimate of drug-likeness (QED) is 0.529. The zero-order valence-corrected chi connectivity index (χ0v) is 18.0. The van der Waals surface area contributed by atoms with Crippen molar-refractivity contribution in [1.29, 1.82) is 0 Å². The largest absolute Gasteiger partial charge is 0.457 e. The summed E-state index contributed by atoms with van der Waals surface area (Å²) in [7, 11) is 0. The van der Waals surface area contributed by atoms with Crippen molar-refractivity contribution in [3.63, 3.8) is 0 Å². The number of anilines is 1. The predicted octanol–water partition coefficient (Wildman–Crippen LogP) is 4.55. The summed E-state index contributed by atoms with van der Waals surface area (Å²) in [6.45, 7) is 5.53. The van der Waals surface area contributed by atoms with Gasteiger partial charge in [-0.1, -0.05) is 43.7 Å². The van der Waals surface area contributed by atoms with Gasteiger partial charge in [0.15, 0.2) is 0 Å². The van der Waals surface area contributed by atoms with Crippen LogP contribution in [0.3, 0.4) is 0 Å². The predicted molar refractivity (Wildman–Crippen MR) is 118 cm³/mol. The van der Waals surface area contributed by atoms with E-state index in [0.717, 1.165) is 17.7 Å². The van der Waals surface area contributed by atoms with E-state index in [1.807, 2.05) is 61.5 Å². The van der Waals surface area contributed by atoms with Crippen molar-refractivity contribution in [2.45, 2.75) is 46.1 Å². The van der Waals surface area contributed by atoms with E-state index in [2.05, 4.69) is 15.6 Å². The van der Waals surface area contributed by atoms with Crippen molar-refractivity contribution >= 4 is 17.8 Å². The summed E-state index contributed by atoms with van der Waals surface area (Å²) in [5.74, 6) is 1.42. The highest BCUT2D eigenvalue weighted by Crippen LogP contribution is 2.22. The van der Waals surface area contributed by atoms with Gasteiger partial charge in [0.05, 0.1) is 12.1 Å². The van der Waals surface area contributed by atoms with Crippen LogP contribution in [-0.2, 0) is 16.0 Å². The van der Waals surface area contributed by atoms with Gasteiger partial charge in [-0.2, -0.15) is 4.98 Å². The van der Waals surface area contributed by atoms with Crippen molar-refractivity contribution in [3.05, 3.63) is 71.6 Å². The first kappa shape index (κ1) is 22.1. The number of hydrogen-bond acceptors (Lipinski definition) is 5. The molecule has 0 aliphatic carbocycles. The van der Waals surface area contributed by atoms with Crippen LogP contribution in [0.4, 0.5) is 6.01 Å². The summed E-state index contributed by atoms with van der Waals surface area (Å²) in [5, 5.41) is 5.46. The fraction of sp³-hybridized carbons (Fsp3) is 0.292. The Balaban J connectivity index is 1.60. The minimum absolute atomic E-state index is 0.136. The SMILES string of the molecule is CCCC(NC(=O)Cc1cccc(Oc2ccccc2)c1)C(=O)Nc1nc(C)c(C)o1. The highest BCUT2D eigenvalue weighted by Gasteiger charge is 2.22. The number of carbonyl (C=O) groups is 2. The number of aryl methyl sites for hydroxylation is 2. The first-order valence-corrected chi connectivity index (χ1v) is 10.3. The number of nitrogens with zero attached hydrogens (tertiary/aromatic N) is 1. The molecule has 2 amide bonds. The van der Waals surface area contributed by atoms with Gasteiger partial charge in [-0.25, -0.2) is 0 Å². The third-order valence-electron chi connectivity index (χ3n) is 4.73. The van der Waals surface area contributed by atoms with E-state index in [-0.39, 0.29) is 24.2 Å². The lowest BCUT2D eigenvalue weighted by Crippen LogP contribution is -2.44. The molecule has 0 saturated heterocycles. The van der Waals surface area contributed by atoms with E-state index in [0.29, 0.717) is 23.6 Å². The van der Waals surface area contributed by atoms with Gasteiger partial charge in [-0.3, -0.25) is 14.9 Å². The smallest absolute Gasteiger partial charge is 0.301 e. The number of ether oxygens (including phenoxy) is 1. The maximum absolute atomic E-state index is 12.6. The van der Waals surface area contributed by atoms with E-state index in [4.69, 9.17) is 9.15 Å². The fourth-order valence-electron chi connectivity index (χ4n) is 3.05. The maximum atomic E-state index is 12.6. The highest BCUT2D eigenvalue weighted by atomic mass is 16.5. The molecule has 3 rings (SSSR count). The van der Waals surface area contributed by atoms with Crippen LogP contribution in [0.15, 0.2) is 59.0 Å². The molecule has 0 radical (unpaired) electrons. The molecule has 7 nitrogen and oxygen atoms in total. The van der Waals surface area contributed by atoms with E-state index >= 15 is 0 Å². The Morgan fingerprint density at radius 1 is 1.06 bits per heavy atom. The molecular weight excluding hydrogens is 394 g/mol. The highest BCUT2D eigenvalue weighted by molar-refractivity contribution is 5.96. The summed E-state index contributed by atoms with van der Waals surface area (Å²) >= 11 is 0. The molecule has 2 aromatic carbocycles. The molecule has 31 heavy (non-hydrogen) atoms. The summed E-state index contributed by atoms with van der Waals surface area (Å²) in [6, 6.07) is 16.3. The average Bonchev–Trinajstić information content (AvgIpc) is 3.05. The Morgan fingerprint density at radius 3 is 2.48 bits per heavy atom. The summed E-state index contributed by atoms with van der Waals surface area (Å²) in [5.41, 5.74) is 1.50. The van der Waals surface area contributed by atoms with Crippen molar-refractivity contribution in [2.75, 3.05) is 5.32 Å². The van der Waals surface area contributed by atoms with E-state index in [9.17, 15) is 9.59 Å². The summed E-state index contributed by atoms with van der Waals surface area (Å²) in [4.78, 5) is 29.4. The molecule has 0 saturated carbocycles. The Bertz CT molecular complexity index is 1010. The van der Waals surface area contributed by atoms with Crippen LogP contribution in [-0.4, -0.2) is 22.8 Å². The van der Waals surface area contributed by atoms with Crippen LogP contribution in [0.2, 0.25) is 0 Å². The first-order valence-electron chi connectivity index (χ1n) is 10.3. The van der Waals surface area contributed by atoms with Crippen LogP contribution in [0, 0.1) is 13.8 Å². The number of rotatable bonds is 9. The molecule has 0 aliphatic rings. The molecule has 7 heteroatoms. The minimum Gasteiger partial charge on any atom is -0.457 e. The second-order valence-corrected chi connectivity index (χ2v) is 7.30. The van der Waals surface area contributed by atoms with Crippen LogP contribution < -0.4 is 15.4 Å². The number of amides is 2. The fourth-order valence-corrected chi connectivity index (χ4v) is 3.05. The average molecular weight is 421 g/mol. The summed E-state index contributed by atoms with van der Waals surface area (Å²) < 4.78 is 11.2. The number of para-hydroxylation sites is 1. The van der Waals surface area contributed by atoms with Crippen LogP contribution in [0.25, 0.3) is 0 Å². The van der Waals surface area contributed by atoms with E-state index < -0.39 is 6.04 Å². The van der Waals surface area contributed by atoms with Crippen LogP contribution >= 0.6 is 0 Å². The second kappa shape index (κ2) is 10.4.